The molecule has 1 aromatic carbocycles. The summed E-state index contributed by atoms with van der Waals surface area (Å²) in [6, 6.07) is 6.44. The van der Waals surface area contributed by atoms with Gasteiger partial charge in [-0.1, -0.05) is 25.1 Å². The van der Waals surface area contributed by atoms with Crippen LogP contribution in [-0.4, -0.2) is 53.2 Å². The molecule has 21 heavy (non-hydrogen) atoms. The summed E-state index contributed by atoms with van der Waals surface area (Å²) in [6.45, 7) is 2.91. The van der Waals surface area contributed by atoms with Crippen molar-refractivity contribution in [3.05, 3.63) is 29.8 Å². The summed E-state index contributed by atoms with van der Waals surface area (Å²) in [6.07, 6.45) is 0. The summed E-state index contributed by atoms with van der Waals surface area (Å²) in [5.41, 5.74) is 0.982. The van der Waals surface area contributed by atoms with Crippen LogP contribution in [0, 0.1) is 6.92 Å². The standard InChI is InChI=1S/C13H20O6S.CH4/c1-12-2-4-13(5-3-12)20(15,16)19-11-10-18-9-8-17-7-6-14;/h2-5,14H,6-11H2,1H3;1H4. The van der Waals surface area contributed by atoms with E-state index < -0.39 is 10.1 Å². The van der Waals surface area contributed by atoms with Crippen molar-refractivity contribution in [2.45, 2.75) is 19.2 Å². The Bertz CT molecular complexity index is 469. The number of aliphatic hydroxyl groups excluding tert-OH is 1. The maximum absolute atomic E-state index is 11.8. The van der Waals surface area contributed by atoms with Crippen LogP contribution in [-0.2, 0) is 23.8 Å². The highest BCUT2D eigenvalue weighted by molar-refractivity contribution is 7.86. The van der Waals surface area contributed by atoms with E-state index in [1.807, 2.05) is 6.92 Å². The number of benzene rings is 1. The van der Waals surface area contributed by atoms with Crippen LogP contribution in [0.25, 0.3) is 0 Å². The highest BCUT2D eigenvalue weighted by Gasteiger charge is 2.14. The molecule has 0 spiro atoms. The van der Waals surface area contributed by atoms with Gasteiger partial charge in [0.1, 0.15) is 0 Å². The van der Waals surface area contributed by atoms with Crippen molar-refractivity contribution < 1.29 is 27.2 Å². The maximum atomic E-state index is 11.8. The molecule has 1 aromatic rings. The molecule has 0 radical (unpaired) electrons. The first-order valence-electron chi connectivity index (χ1n) is 6.29. The molecule has 0 saturated heterocycles. The van der Waals surface area contributed by atoms with Crippen molar-refractivity contribution in [1.29, 1.82) is 0 Å². The summed E-state index contributed by atoms with van der Waals surface area (Å²) in [7, 11) is -3.72. The molecule has 0 aliphatic heterocycles. The Morgan fingerprint density at radius 1 is 0.952 bits per heavy atom. The van der Waals surface area contributed by atoms with Gasteiger partial charge < -0.3 is 14.6 Å². The van der Waals surface area contributed by atoms with Gasteiger partial charge >= 0.3 is 0 Å². The lowest BCUT2D eigenvalue weighted by Gasteiger charge is -2.07. The van der Waals surface area contributed by atoms with E-state index >= 15 is 0 Å². The lowest BCUT2D eigenvalue weighted by Crippen LogP contribution is -2.14. The molecule has 1 N–H and O–H groups in total. The first-order chi connectivity index (χ1) is 9.56. The Hall–Kier alpha value is -0.990. The van der Waals surface area contributed by atoms with Crippen LogP contribution >= 0.6 is 0 Å². The average Bonchev–Trinajstić information content (AvgIpc) is 2.42. The van der Waals surface area contributed by atoms with Gasteiger partial charge in [-0.3, -0.25) is 4.18 Å². The minimum Gasteiger partial charge on any atom is -0.394 e. The van der Waals surface area contributed by atoms with E-state index in [1.54, 1.807) is 12.1 Å². The molecule has 0 aromatic heterocycles. The highest BCUT2D eigenvalue weighted by Crippen LogP contribution is 2.12. The van der Waals surface area contributed by atoms with Gasteiger partial charge in [0.25, 0.3) is 10.1 Å². The quantitative estimate of drug-likeness (QED) is 0.518. The lowest BCUT2D eigenvalue weighted by molar-refractivity contribution is 0.0252. The molecule has 0 heterocycles. The highest BCUT2D eigenvalue weighted by atomic mass is 32.2. The predicted molar refractivity (Wildman–Crippen MR) is 79.8 cm³/mol. The van der Waals surface area contributed by atoms with Crippen molar-refractivity contribution >= 4 is 10.1 Å². The third-order valence-corrected chi connectivity index (χ3v) is 3.71. The molecule has 7 heteroatoms. The van der Waals surface area contributed by atoms with Gasteiger partial charge in [-0.05, 0) is 19.1 Å². The average molecular weight is 320 g/mol. The van der Waals surface area contributed by atoms with Crippen LogP contribution < -0.4 is 0 Å². The molecule has 1 rings (SSSR count). The van der Waals surface area contributed by atoms with Gasteiger partial charge in [-0.2, -0.15) is 8.42 Å². The number of ether oxygens (including phenoxy) is 2. The minimum atomic E-state index is -3.72. The minimum absolute atomic E-state index is 0. The van der Waals surface area contributed by atoms with Gasteiger partial charge in [0.15, 0.2) is 0 Å². The molecule has 122 valence electrons. The molecule has 0 atom stereocenters. The van der Waals surface area contributed by atoms with Gasteiger partial charge in [0.05, 0.1) is 44.5 Å². The normalized spacial score (nSPS) is 11.1. The van der Waals surface area contributed by atoms with Crippen LogP contribution in [0.15, 0.2) is 29.2 Å². The molecule has 0 amide bonds. The van der Waals surface area contributed by atoms with Crippen molar-refractivity contribution in [2.75, 3.05) is 39.6 Å². The zero-order valence-corrected chi connectivity index (χ0v) is 12.3. The SMILES string of the molecule is C.Cc1ccc(S(=O)(=O)OCCOCCOCCO)cc1. The van der Waals surface area contributed by atoms with Gasteiger partial charge in [0, 0.05) is 0 Å². The van der Waals surface area contributed by atoms with Gasteiger partial charge in [0.2, 0.25) is 0 Å². The second-order valence-electron chi connectivity index (χ2n) is 4.04. The van der Waals surface area contributed by atoms with Crippen LogP contribution in [0.4, 0.5) is 0 Å². The molecule has 0 aliphatic rings. The fourth-order valence-electron chi connectivity index (χ4n) is 1.36. The van der Waals surface area contributed by atoms with Crippen molar-refractivity contribution in [1.82, 2.24) is 0 Å². The van der Waals surface area contributed by atoms with Crippen LogP contribution in [0.2, 0.25) is 0 Å². The van der Waals surface area contributed by atoms with Crippen molar-refractivity contribution in [2.24, 2.45) is 0 Å². The zero-order chi connectivity index (χ0) is 14.8. The summed E-state index contributed by atoms with van der Waals surface area (Å²) < 4.78 is 38.5. The van der Waals surface area contributed by atoms with E-state index in [0.717, 1.165) is 5.56 Å². The van der Waals surface area contributed by atoms with Crippen LogP contribution in [0.1, 0.15) is 13.0 Å². The fourth-order valence-corrected chi connectivity index (χ4v) is 2.26. The summed E-state index contributed by atoms with van der Waals surface area (Å²) in [4.78, 5) is 0.134. The Labute approximate surface area is 126 Å². The summed E-state index contributed by atoms with van der Waals surface area (Å²) in [5, 5.41) is 8.47. The van der Waals surface area contributed by atoms with E-state index in [0.29, 0.717) is 13.2 Å². The molecule has 0 saturated carbocycles. The summed E-state index contributed by atoms with van der Waals surface area (Å²) in [5.74, 6) is 0. The first-order valence-corrected chi connectivity index (χ1v) is 7.69. The number of rotatable bonds is 10. The van der Waals surface area contributed by atoms with E-state index in [9.17, 15) is 8.42 Å². The third-order valence-electron chi connectivity index (χ3n) is 2.38. The molecular formula is C14H24O6S. The van der Waals surface area contributed by atoms with E-state index in [4.69, 9.17) is 18.8 Å². The van der Waals surface area contributed by atoms with Crippen LogP contribution in [0.5, 0.6) is 0 Å². The van der Waals surface area contributed by atoms with Crippen LogP contribution in [0.3, 0.4) is 0 Å². The van der Waals surface area contributed by atoms with Gasteiger partial charge in [-0.25, -0.2) is 0 Å². The molecular weight excluding hydrogens is 296 g/mol. The molecule has 0 unspecified atom stereocenters. The molecule has 0 aliphatic carbocycles. The topological polar surface area (TPSA) is 82.1 Å². The fraction of sp³-hybridized carbons (Fsp3) is 0.571. The number of hydrogen-bond donors (Lipinski definition) is 1. The van der Waals surface area contributed by atoms with E-state index in [1.165, 1.54) is 12.1 Å². The van der Waals surface area contributed by atoms with Crippen molar-refractivity contribution in [3.63, 3.8) is 0 Å². The third kappa shape index (κ3) is 8.13. The Morgan fingerprint density at radius 3 is 2.05 bits per heavy atom. The van der Waals surface area contributed by atoms with E-state index in [-0.39, 0.29) is 38.7 Å². The largest absolute Gasteiger partial charge is 0.394 e. The first kappa shape index (κ1) is 20.0. The maximum Gasteiger partial charge on any atom is 0.297 e. The lowest BCUT2D eigenvalue weighted by atomic mass is 10.2. The Kier molecular flexibility index (Phi) is 10.2. The van der Waals surface area contributed by atoms with E-state index in [2.05, 4.69) is 0 Å². The summed E-state index contributed by atoms with van der Waals surface area (Å²) >= 11 is 0. The second kappa shape index (κ2) is 10.7. The Morgan fingerprint density at radius 2 is 1.48 bits per heavy atom. The molecule has 0 bridgehead atoms. The number of aliphatic hydroxyl groups is 1. The zero-order valence-electron chi connectivity index (χ0n) is 11.4. The number of aryl methyl sites for hydroxylation is 1. The number of hydrogen-bond acceptors (Lipinski definition) is 6. The second-order valence-corrected chi connectivity index (χ2v) is 5.65. The van der Waals surface area contributed by atoms with Gasteiger partial charge in [-0.15, -0.1) is 0 Å². The molecule has 6 nitrogen and oxygen atoms in total. The van der Waals surface area contributed by atoms with Crippen molar-refractivity contribution in [3.8, 4) is 0 Å². The monoisotopic (exact) mass is 320 g/mol. The smallest absolute Gasteiger partial charge is 0.297 e. The molecule has 0 fully saturated rings. The predicted octanol–water partition coefficient (Wildman–Crippen LogP) is 1.36. The Balaban J connectivity index is 0.00000400.